The van der Waals surface area contributed by atoms with Crippen molar-refractivity contribution in [1.29, 1.82) is 0 Å². The summed E-state index contributed by atoms with van der Waals surface area (Å²) in [5.41, 5.74) is 2.62. The minimum atomic E-state index is -1.17. The number of para-hydroxylation sites is 1. The average molecular weight is 455 g/mol. The van der Waals surface area contributed by atoms with Crippen LogP contribution in [0.4, 0.5) is 5.69 Å². The zero-order chi connectivity index (χ0) is 18.4. The normalized spacial score (nSPS) is 12.0. The Balaban J connectivity index is 2.03. The van der Waals surface area contributed by atoms with Crippen molar-refractivity contribution >= 4 is 28.3 Å². The largest absolute Gasteiger partial charge is 0.376 e. The van der Waals surface area contributed by atoms with Crippen LogP contribution >= 0.6 is 22.6 Å². The fraction of sp³-hybridized carbons (Fsp3) is 0.130. The van der Waals surface area contributed by atoms with E-state index < -0.39 is 5.60 Å². The number of hydrogen-bond acceptors (Lipinski definition) is 2. The summed E-state index contributed by atoms with van der Waals surface area (Å²) in [4.78, 5) is 2.15. The summed E-state index contributed by atoms with van der Waals surface area (Å²) < 4.78 is 2.00. The van der Waals surface area contributed by atoms with Crippen molar-refractivity contribution in [2.75, 3.05) is 18.5 Å². The molecule has 0 saturated carbocycles. The van der Waals surface area contributed by atoms with Crippen molar-refractivity contribution in [1.82, 2.24) is 0 Å². The van der Waals surface area contributed by atoms with Crippen molar-refractivity contribution in [3.8, 4) is 0 Å². The van der Waals surface area contributed by atoms with E-state index in [0.29, 0.717) is 6.54 Å². The first-order valence-electron chi connectivity index (χ1n) is 8.55. The Morgan fingerprint density at radius 1 is 0.846 bits per heavy atom. The molecule has 0 aromatic heterocycles. The lowest BCUT2D eigenvalue weighted by atomic mass is 9.80. The van der Waals surface area contributed by atoms with Crippen LogP contribution in [0.5, 0.6) is 0 Å². The second-order valence-electron chi connectivity index (χ2n) is 6.27. The predicted octanol–water partition coefficient (Wildman–Crippen LogP) is 5.38. The van der Waals surface area contributed by atoms with Gasteiger partial charge in [0, 0.05) is 19.3 Å². The average Bonchev–Trinajstić information content (AvgIpc) is 2.73. The molecule has 1 N–H and O–H groups in total. The summed E-state index contributed by atoms with van der Waals surface area (Å²) in [6, 6.07) is 30.0. The number of likely N-dealkylation sites (N-methyl/N-ethyl adjacent to an activating group) is 1. The van der Waals surface area contributed by atoms with Crippen molar-refractivity contribution in [2.24, 2.45) is 0 Å². The second kappa shape index (κ2) is 8.52. The number of anilines is 1. The standard InChI is InChI=1S/C23H22INO/c1-25(22-15-9-4-10-16-22)18-21(17-24)23(26,19-11-5-2-6-12-19)20-13-7-3-8-14-20/h2-17,26H,18H2,1H3/b21-17-. The molecule has 132 valence electrons. The molecule has 3 rings (SSSR count). The van der Waals surface area contributed by atoms with Gasteiger partial charge in [-0.2, -0.15) is 0 Å². The maximum absolute atomic E-state index is 11.9. The lowest BCUT2D eigenvalue weighted by Gasteiger charge is -2.34. The van der Waals surface area contributed by atoms with E-state index in [-0.39, 0.29) is 0 Å². The van der Waals surface area contributed by atoms with Gasteiger partial charge in [-0.3, -0.25) is 0 Å². The highest BCUT2D eigenvalue weighted by Gasteiger charge is 2.36. The van der Waals surface area contributed by atoms with E-state index in [1.165, 1.54) is 0 Å². The van der Waals surface area contributed by atoms with Gasteiger partial charge < -0.3 is 10.0 Å². The van der Waals surface area contributed by atoms with Crippen LogP contribution < -0.4 is 4.90 Å². The van der Waals surface area contributed by atoms with Gasteiger partial charge in [-0.1, -0.05) is 101 Å². The minimum Gasteiger partial charge on any atom is -0.376 e. The molecule has 0 amide bonds. The number of hydrogen-bond donors (Lipinski definition) is 1. The summed E-state index contributed by atoms with van der Waals surface area (Å²) in [7, 11) is 2.05. The highest BCUT2D eigenvalue weighted by molar-refractivity contribution is 14.1. The third-order valence-electron chi connectivity index (χ3n) is 4.58. The Bertz CT molecular complexity index is 808. The lowest BCUT2D eigenvalue weighted by molar-refractivity contribution is 0.120. The number of rotatable bonds is 6. The Hall–Kier alpha value is -2.11. The SMILES string of the molecule is CN(C/C(=C/I)C(O)(c1ccccc1)c1ccccc1)c1ccccc1. The van der Waals surface area contributed by atoms with Gasteiger partial charge in [0.2, 0.25) is 0 Å². The van der Waals surface area contributed by atoms with Gasteiger partial charge in [0.15, 0.2) is 0 Å². The summed E-state index contributed by atoms with van der Waals surface area (Å²) in [6.07, 6.45) is 0. The fourth-order valence-corrected chi connectivity index (χ4v) is 3.80. The van der Waals surface area contributed by atoms with Crippen molar-refractivity contribution in [3.05, 3.63) is 112 Å². The molecule has 0 atom stereocenters. The van der Waals surface area contributed by atoms with E-state index >= 15 is 0 Å². The predicted molar refractivity (Wildman–Crippen MR) is 118 cm³/mol. The quantitative estimate of drug-likeness (QED) is 0.505. The molecule has 3 aromatic carbocycles. The molecule has 3 aromatic rings. The van der Waals surface area contributed by atoms with Crippen molar-refractivity contribution in [3.63, 3.8) is 0 Å². The molecule has 0 aliphatic carbocycles. The van der Waals surface area contributed by atoms with Crippen LogP contribution in [0.1, 0.15) is 11.1 Å². The molecule has 0 bridgehead atoms. The molecule has 0 aliphatic rings. The van der Waals surface area contributed by atoms with Gasteiger partial charge in [-0.05, 0) is 32.9 Å². The van der Waals surface area contributed by atoms with Crippen LogP contribution in [-0.4, -0.2) is 18.7 Å². The molecular formula is C23H22INO. The van der Waals surface area contributed by atoms with E-state index in [4.69, 9.17) is 0 Å². The summed E-state index contributed by atoms with van der Waals surface area (Å²) >= 11 is 2.23. The zero-order valence-electron chi connectivity index (χ0n) is 14.7. The number of aliphatic hydroxyl groups is 1. The van der Waals surface area contributed by atoms with Crippen LogP contribution in [-0.2, 0) is 5.60 Å². The topological polar surface area (TPSA) is 23.5 Å². The highest BCUT2D eigenvalue weighted by atomic mass is 127. The number of nitrogens with zero attached hydrogens (tertiary/aromatic N) is 1. The molecule has 0 unspecified atom stereocenters. The van der Waals surface area contributed by atoms with Crippen LogP contribution in [0.25, 0.3) is 0 Å². The number of halogens is 1. The van der Waals surface area contributed by atoms with E-state index in [1.54, 1.807) is 0 Å². The maximum Gasteiger partial charge on any atom is 0.139 e. The molecule has 0 heterocycles. The highest BCUT2D eigenvalue weighted by Crippen LogP contribution is 2.38. The molecule has 26 heavy (non-hydrogen) atoms. The summed E-state index contributed by atoms with van der Waals surface area (Å²) in [6.45, 7) is 0.618. The molecule has 0 spiro atoms. The first-order valence-corrected chi connectivity index (χ1v) is 9.80. The molecule has 0 fully saturated rings. The lowest BCUT2D eigenvalue weighted by Crippen LogP contribution is -2.35. The molecule has 0 aliphatic heterocycles. The van der Waals surface area contributed by atoms with Crippen LogP contribution in [0.15, 0.2) is 101 Å². The molecular weight excluding hydrogens is 433 g/mol. The van der Waals surface area contributed by atoms with Gasteiger partial charge in [0.25, 0.3) is 0 Å². The molecule has 3 heteroatoms. The fourth-order valence-electron chi connectivity index (χ4n) is 3.15. The zero-order valence-corrected chi connectivity index (χ0v) is 16.9. The van der Waals surface area contributed by atoms with E-state index in [9.17, 15) is 5.11 Å². The Kier molecular flexibility index (Phi) is 6.12. The summed E-state index contributed by atoms with van der Waals surface area (Å²) in [5.74, 6) is 0. The Morgan fingerprint density at radius 3 is 1.69 bits per heavy atom. The molecule has 0 radical (unpaired) electrons. The van der Waals surface area contributed by atoms with E-state index in [1.807, 2.05) is 90.0 Å². The van der Waals surface area contributed by atoms with Crippen LogP contribution in [0.3, 0.4) is 0 Å². The van der Waals surface area contributed by atoms with Crippen LogP contribution in [0, 0.1) is 0 Å². The first-order chi connectivity index (χ1) is 12.7. The monoisotopic (exact) mass is 455 g/mol. The Labute approximate surface area is 168 Å². The third-order valence-corrected chi connectivity index (χ3v) is 5.34. The summed E-state index contributed by atoms with van der Waals surface area (Å²) in [5, 5.41) is 11.9. The van der Waals surface area contributed by atoms with Crippen molar-refractivity contribution in [2.45, 2.75) is 5.60 Å². The molecule has 2 nitrogen and oxygen atoms in total. The minimum absolute atomic E-state index is 0.618. The van der Waals surface area contributed by atoms with Gasteiger partial charge in [-0.15, -0.1) is 0 Å². The second-order valence-corrected chi connectivity index (χ2v) is 6.89. The third kappa shape index (κ3) is 3.84. The van der Waals surface area contributed by atoms with Gasteiger partial charge in [0.1, 0.15) is 5.60 Å². The van der Waals surface area contributed by atoms with Gasteiger partial charge in [0.05, 0.1) is 0 Å². The number of benzene rings is 3. The smallest absolute Gasteiger partial charge is 0.139 e. The van der Waals surface area contributed by atoms with Gasteiger partial charge in [-0.25, -0.2) is 0 Å². The van der Waals surface area contributed by atoms with E-state index in [2.05, 4.69) is 39.6 Å². The maximum atomic E-state index is 11.9. The Morgan fingerprint density at radius 2 is 1.27 bits per heavy atom. The van der Waals surface area contributed by atoms with Crippen LogP contribution in [0.2, 0.25) is 0 Å². The first kappa shape index (κ1) is 18.7. The molecule has 0 saturated heterocycles. The van der Waals surface area contributed by atoms with E-state index in [0.717, 1.165) is 22.4 Å². The van der Waals surface area contributed by atoms with Crippen molar-refractivity contribution < 1.29 is 5.11 Å². The van der Waals surface area contributed by atoms with Gasteiger partial charge >= 0.3 is 0 Å².